The van der Waals surface area contributed by atoms with Gasteiger partial charge in [0.25, 0.3) is 0 Å². The van der Waals surface area contributed by atoms with Crippen molar-refractivity contribution in [2.45, 2.75) is 6.54 Å². The molecule has 1 aromatic carbocycles. The number of nitrogen functional groups attached to an aromatic ring is 1. The maximum absolute atomic E-state index is 6.02. The average molecular weight is 208 g/mol. The Morgan fingerprint density at radius 1 is 1.43 bits per heavy atom. The van der Waals surface area contributed by atoms with Crippen LogP contribution >= 0.6 is 11.6 Å². The first-order chi connectivity index (χ1) is 6.75. The molecule has 0 atom stereocenters. The van der Waals surface area contributed by atoms with Crippen LogP contribution in [0.3, 0.4) is 0 Å². The number of anilines is 1. The zero-order valence-electron chi connectivity index (χ0n) is 7.52. The molecule has 2 rings (SSSR count). The van der Waals surface area contributed by atoms with E-state index >= 15 is 0 Å². The van der Waals surface area contributed by atoms with Crippen LogP contribution in [0.25, 0.3) is 0 Å². The molecule has 0 saturated heterocycles. The van der Waals surface area contributed by atoms with Crippen LogP contribution in [-0.4, -0.2) is 9.55 Å². The molecule has 2 N–H and O–H groups in total. The van der Waals surface area contributed by atoms with E-state index < -0.39 is 0 Å². The average Bonchev–Trinajstić information content (AvgIpc) is 2.64. The van der Waals surface area contributed by atoms with E-state index in [9.17, 15) is 0 Å². The zero-order chi connectivity index (χ0) is 9.97. The Bertz CT molecular complexity index is 423. The fraction of sp³-hybridized carbons (Fsp3) is 0.100. The topological polar surface area (TPSA) is 43.8 Å². The van der Waals surface area contributed by atoms with Gasteiger partial charge in [-0.3, -0.25) is 0 Å². The summed E-state index contributed by atoms with van der Waals surface area (Å²) in [6.45, 7) is 0.698. The Kier molecular flexibility index (Phi) is 2.41. The molecule has 0 aliphatic heterocycles. The summed E-state index contributed by atoms with van der Waals surface area (Å²) in [7, 11) is 0. The molecule has 0 saturated carbocycles. The first-order valence-electron chi connectivity index (χ1n) is 4.25. The lowest BCUT2D eigenvalue weighted by Gasteiger charge is -2.05. The number of hydrogen-bond donors (Lipinski definition) is 1. The Morgan fingerprint density at radius 3 is 3.00 bits per heavy atom. The minimum absolute atomic E-state index is 0.698. The summed E-state index contributed by atoms with van der Waals surface area (Å²) in [4.78, 5) is 3.96. The van der Waals surface area contributed by atoms with Crippen molar-refractivity contribution in [2.24, 2.45) is 0 Å². The van der Waals surface area contributed by atoms with Gasteiger partial charge in [0, 0.05) is 23.1 Å². The van der Waals surface area contributed by atoms with Gasteiger partial charge in [0.2, 0.25) is 0 Å². The number of nitrogens with two attached hydrogens (primary N) is 1. The standard InChI is InChI=1S/C10H10ClN3/c11-10-2-1-9(12)5-8(10)6-14-4-3-13-7-14/h1-5,7H,6,12H2. The monoisotopic (exact) mass is 207 g/mol. The molecule has 0 bridgehead atoms. The van der Waals surface area contributed by atoms with Crippen LogP contribution in [0.5, 0.6) is 0 Å². The van der Waals surface area contributed by atoms with E-state index in [0.717, 1.165) is 16.3 Å². The third-order valence-corrected chi connectivity index (χ3v) is 2.35. The van der Waals surface area contributed by atoms with Gasteiger partial charge in [-0.2, -0.15) is 0 Å². The number of aromatic nitrogens is 2. The molecular formula is C10H10ClN3. The fourth-order valence-corrected chi connectivity index (χ4v) is 1.47. The smallest absolute Gasteiger partial charge is 0.0949 e. The summed E-state index contributed by atoms with van der Waals surface area (Å²) >= 11 is 6.02. The van der Waals surface area contributed by atoms with Gasteiger partial charge in [0.1, 0.15) is 0 Å². The summed E-state index contributed by atoms with van der Waals surface area (Å²) in [5.41, 5.74) is 7.40. The molecule has 0 amide bonds. The van der Waals surface area contributed by atoms with Crippen molar-refractivity contribution >= 4 is 17.3 Å². The van der Waals surface area contributed by atoms with Crippen molar-refractivity contribution in [3.63, 3.8) is 0 Å². The Balaban J connectivity index is 2.28. The van der Waals surface area contributed by atoms with Gasteiger partial charge in [-0.25, -0.2) is 4.98 Å². The van der Waals surface area contributed by atoms with Crippen LogP contribution in [0.4, 0.5) is 5.69 Å². The number of benzene rings is 1. The predicted molar refractivity (Wildman–Crippen MR) is 57.2 cm³/mol. The van der Waals surface area contributed by atoms with Crippen molar-refractivity contribution in [3.05, 3.63) is 47.5 Å². The van der Waals surface area contributed by atoms with Gasteiger partial charge < -0.3 is 10.3 Å². The van der Waals surface area contributed by atoms with Gasteiger partial charge in [-0.1, -0.05) is 11.6 Å². The molecule has 1 aromatic heterocycles. The fourth-order valence-electron chi connectivity index (χ4n) is 1.29. The highest BCUT2D eigenvalue weighted by Crippen LogP contribution is 2.19. The highest BCUT2D eigenvalue weighted by molar-refractivity contribution is 6.31. The predicted octanol–water partition coefficient (Wildman–Crippen LogP) is 2.17. The summed E-state index contributed by atoms with van der Waals surface area (Å²) in [5, 5.41) is 0.730. The molecular weight excluding hydrogens is 198 g/mol. The van der Waals surface area contributed by atoms with E-state index in [1.807, 2.05) is 22.9 Å². The van der Waals surface area contributed by atoms with Crippen LogP contribution in [0, 0.1) is 0 Å². The van der Waals surface area contributed by atoms with E-state index in [1.54, 1.807) is 18.6 Å². The van der Waals surface area contributed by atoms with Crippen molar-refractivity contribution < 1.29 is 0 Å². The maximum atomic E-state index is 6.02. The summed E-state index contributed by atoms with van der Waals surface area (Å²) in [6, 6.07) is 5.48. The number of hydrogen-bond acceptors (Lipinski definition) is 2. The molecule has 1 heterocycles. The second-order valence-electron chi connectivity index (χ2n) is 3.09. The third-order valence-electron chi connectivity index (χ3n) is 1.98. The quantitative estimate of drug-likeness (QED) is 0.767. The molecule has 0 aliphatic carbocycles. The molecule has 0 radical (unpaired) electrons. The van der Waals surface area contributed by atoms with E-state index in [-0.39, 0.29) is 0 Å². The first kappa shape index (κ1) is 9.09. The number of nitrogens with zero attached hydrogens (tertiary/aromatic N) is 2. The normalized spacial score (nSPS) is 10.4. The highest BCUT2D eigenvalue weighted by Gasteiger charge is 2.01. The van der Waals surface area contributed by atoms with E-state index in [2.05, 4.69) is 4.98 Å². The minimum atomic E-state index is 0.698. The SMILES string of the molecule is Nc1ccc(Cl)c(Cn2ccnc2)c1. The van der Waals surface area contributed by atoms with Crippen molar-refractivity contribution in [1.29, 1.82) is 0 Å². The van der Waals surface area contributed by atoms with Gasteiger partial charge >= 0.3 is 0 Å². The van der Waals surface area contributed by atoms with Crippen molar-refractivity contribution in [2.75, 3.05) is 5.73 Å². The molecule has 0 fully saturated rings. The number of imidazole rings is 1. The molecule has 14 heavy (non-hydrogen) atoms. The lowest BCUT2D eigenvalue weighted by atomic mass is 10.2. The van der Waals surface area contributed by atoms with Gasteiger partial charge in [0.15, 0.2) is 0 Å². The maximum Gasteiger partial charge on any atom is 0.0949 e. The zero-order valence-corrected chi connectivity index (χ0v) is 8.28. The van der Waals surface area contributed by atoms with Crippen LogP contribution in [-0.2, 0) is 6.54 Å². The Morgan fingerprint density at radius 2 is 2.29 bits per heavy atom. The second-order valence-corrected chi connectivity index (χ2v) is 3.49. The Labute approximate surface area is 87.1 Å². The van der Waals surface area contributed by atoms with Crippen LogP contribution in [0.1, 0.15) is 5.56 Å². The minimum Gasteiger partial charge on any atom is -0.399 e. The first-order valence-corrected chi connectivity index (χ1v) is 4.63. The Hall–Kier alpha value is -1.48. The summed E-state index contributed by atoms with van der Waals surface area (Å²) in [5.74, 6) is 0. The third kappa shape index (κ3) is 1.88. The molecule has 3 nitrogen and oxygen atoms in total. The molecule has 0 aliphatic rings. The summed E-state index contributed by atoms with van der Waals surface area (Å²) in [6.07, 6.45) is 5.37. The van der Waals surface area contributed by atoms with Gasteiger partial charge in [-0.15, -0.1) is 0 Å². The van der Waals surface area contributed by atoms with Gasteiger partial charge in [-0.05, 0) is 23.8 Å². The van der Waals surface area contributed by atoms with Crippen LogP contribution < -0.4 is 5.73 Å². The highest BCUT2D eigenvalue weighted by atomic mass is 35.5. The van der Waals surface area contributed by atoms with Crippen LogP contribution in [0.2, 0.25) is 5.02 Å². The lowest BCUT2D eigenvalue weighted by molar-refractivity contribution is 0.798. The van der Waals surface area contributed by atoms with Crippen LogP contribution in [0.15, 0.2) is 36.9 Å². The van der Waals surface area contributed by atoms with E-state index in [1.165, 1.54) is 0 Å². The van der Waals surface area contributed by atoms with E-state index in [0.29, 0.717) is 6.54 Å². The van der Waals surface area contributed by atoms with Gasteiger partial charge in [0.05, 0.1) is 12.9 Å². The summed E-state index contributed by atoms with van der Waals surface area (Å²) < 4.78 is 1.95. The number of rotatable bonds is 2. The number of halogens is 1. The molecule has 2 aromatic rings. The van der Waals surface area contributed by atoms with E-state index in [4.69, 9.17) is 17.3 Å². The molecule has 0 spiro atoms. The largest absolute Gasteiger partial charge is 0.399 e. The molecule has 72 valence electrons. The van der Waals surface area contributed by atoms with Crippen molar-refractivity contribution in [3.8, 4) is 0 Å². The molecule has 4 heteroatoms. The lowest BCUT2D eigenvalue weighted by Crippen LogP contribution is -1.98. The second kappa shape index (κ2) is 3.72. The van der Waals surface area contributed by atoms with Crippen molar-refractivity contribution in [1.82, 2.24) is 9.55 Å². The molecule has 0 unspecified atom stereocenters.